The summed E-state index contributed by atoms with van der Waals surface area (Å²) in [6, 6.07) is 13.8. The van der Waals surface area contributed by atoms with Gasteiger partial charge in [0.15, 0.2) is 0 Å². The molecule has 0 aliphatic carbocycles. The Hall–Kier alpha value is -2.93. The highest BCUT2D eigenvalue weighted by Crippen LogP contribution is 2.29. The fourth-order valence-corrected chi connectivity index (χ4v) is 3.06. The predicted octanol–water partition coefficient (Wildman–Crippen LogP) is 4.59. The third kappa shape index (κ3) is 3.78. The lowest BCUT2D eigenvalue weighted by Gasteiger charge is -2.09. The van der Waals surface area contributed by atoms with Crippen molar-refractivity contribution in [3.8, 4) is 22.9 Å². The van der Waals surface area contributed by atoms with Gasteiger partial charge >= 0.3 is 0 Å². The van der Waals surface area contributed by atoms with E-state index in [0.717, 1.165) is 27.0 Å². The summed E-state index contributed by atoms with van der Waals surface area (Å²) in [5.41, 5.74) is 3.76. The van der Waals surface area contributed by atoms with Crippen LogP contribution in [-0.2, 0) is 6.42 Å². The van der Waals surface area contributed by atoms with Crippen LogP contribution >= 0.6 is 15.9 Å². The zero-order valence-electron chi connectivity index (χ0n) is 14.9. The minimum atomic E-state index is 0.466. The van der Waals surface area contributed by atoms with Gasteiger partial charge in [-0.3, -0.25) is 0 Å². The van der Waals surface area contributed by atoms with Crippen molar-refractivity contribution >= 4 is 15.9 Å². The second-order valence-corrected chi connectivity index (χ2v) is 7.03. The minimum absolute atomic E-state index is 0.466. The van der Waals surface area contributed by atoms with Gasteiger partial charge in [-0.2, -0.15) is 0 Å². The van der Waals surface area contributed by atoms with Crippen molar-refractivity contribution in [2.75, 3.05) is 7.11 Å². The Kier molecular flexibility index (Phi) is 4.77. The van der Waals surface area contributed by atoms with Crippen molar-refractivity contribution in [1.29, 1.82) is 0 Å². The second kappa shape index (κ2) is 7.36. The Balaban J connectivity index is 1.60. The van der Waals surface area contributed by atoms with Crippen LogP contribution in [0.3, 0.4) is 0 Å². The van der Waals surface area contributed by atoms with Crippen LogP contribution in [0.5, 0.6) is 5.75 Å². The highest BCUT2D eigenvalue weighted by Gasteiger charge is 2.13. The van der Waals surface area contributed by atoms with Crippen molar-refractivity contribution in [3.05, 3.63) is 76.6 Å². The fourth-order valence-electron chi connectivity index (χ4n) is 2.80. The van der Waals surface area contributed by atoms with E-state index in [1.807, 2.05) is 60.2 Å². The lowest BCUT2D eigenvalue weighted by molar-refractivity contribution is 0.412. The van der Waals surface area contributed by atoms with E-state index in [1.165, 1.54) is 0 Å². The molecule has 2 heterocycles. The average Bonchev–Trinajstić information content (AvgIpc) is 3.32. The number of rotatable bonds is 5. The predicted molar refractivity (Wildman–Crippen MR) is 105 cm³/mol. The summed E-state index contributed by atoms with van der Waals surface area (Å²) >= 11 is 3.43. The first-order valence-corrected chi connectivity index (χ1v) is 9.18. The molecular weight excluding hydrogens is 408 g/mol. The summed E-state index contributed by atoms with van der Waals surface area (Å²) in [6.07, 6.45) is 4.29. The molecule has 0 atom stereocenters. The highest BCUT2D eigenvalue weighted by atomic mass is 79.9. The SMILES string of the molecule is COc1cc(-c2nnc(Cc3ccc(Br)cc3)o2)ccc1-n1cnc(C)c1. The number of imidazole rings is 1. The van der Waals surface area contributed by atoms with Gasteiger partial charge < -0.3 is 13.7 Å². The highest BCUT2D eigenvalue weighted by molar-refractivity contribution is 9.10. The molecule has 0 saturated carbocycles. The fraction of sp³-hybridized carbons (Fsp3) is 0.150. The van der Waals surface area contributed by atoms with Crippen molar-refractivity contribution < 1.29 is 9.15 Å². The molecule has 4 rings (SSSR count). The summed E-state index contributed by atoms with van der Waals surface area (Å²) in [5.74, 6) is 1.74. The monoisotopic (exact) mass is 424 g/mol. The zero-order chi connectivity index (χ0) is 18.8. The third-order valence-electron chi connectivity index (χ3n) is 4.15. The molecule has 0 aliphatic heterocycles. The number of ether oxygens (including phenoxy) is 1. The van der Waals surface area contributed by atoms with E-state index < -0.39 is 0 Å². The Morgan fingerprint density at radius 2 is 1.93 bits per heavy atom. The van der Waals surface area contributed by atoms with Gasteiger partial charge in [0.1, 0.15) is 5.75 Å². The molecule has 136 valence electrons. The number of methoxy groups -OCH3 is 1. The molecule has 6 nitrogen and oxygen atoms in total. The molecule has 0 N–H and O–H groups in total. The standard InChI is InChI=1S/C20H17BrN4O2/c1-13-11-25(12-22-13)17-8-5-15(10-18(17)26-2)20-24-23-19(27-20)9-14-3-6-16(21)7-4-14/h3-8,10-12H,9H2,1-2H3. The number of aromatic nitrogens is 4. The summed E-state index contributed by atoms with van der Waals surface area (Å²) in [6.45, 7) is 1.95. The lowest BCUT2D eigenvalue weighted by Crippen LogP contribution is -1.96. The number of benzene rings is 2. The quantitative estimate of drug-likeness (QED) is 0.468. The molecule has 0 unspecified atom stereocenters. The topological polar surface area (TPSA) is 66.0 Å². The van der Waals surface area contributed by atoms with Gasteiger partial charge in [0.2, 0.25) is 11.8 Å². The van der Waals surface area contributed by atoms with E-state index in [9.17, 15) is 0 Å². The Morgan fingerprint density at radius 3 is 2.63 bits per heavy atom. The number of halogens is 1. The van der Waals surface area contributed by atoms with Crippen LogP contribution in [0.4, 0.5) is 0 Å². The smallest absolute Gasteiger partial charge is 0.247 e. The van der Waals surface area contributed by atoms with Crippen molar-refractivity contribution in [2.45, 2.75) is 13.3 Å². The third-order valence-corrected chi connectivity index (χ3v) is 4.68. The molecule has 27 heavy (non-hydrogen) atoms. The first kappa shape index (κ1) is 17.5. The van der Waals surface area contributed by atoms with E-state index in [1.54, 1.807) is 13.4 Å². The van der Waals surface area contributed by atoms with Crippen LogP contribution in [-0.4, -0.2) is 26.9 Å². The van der Waals surface area contributed by atoms with Crippen LogP contribution in [0, 0.1) is 6.92 Å². The van der Waals surface area contributed by atoms with Gasteiger partial charge in [-0.05, 0) is 42.8 Å². The molecule has 0 bridgehead atoms. The number of hydrogen-bond donors (Lipinski definition) is 0. The molecule has 0 radical (unpaired) electrons. The molecule has 2 aromatic carbocycles. The molecule has 0 spiro atoms. The minimum Gasteiger partial charge on any atom is -0.495 e. The van der Waals surface area contributed by atoms with Crippen LogP contribution in [0.1, 0.15) is 17.1 Å². The maximum absolute atomic E-state index is 5.84. The number of hydrogen-bond acceptors (Lipinski definition) is 5. The van der Waals surface area contributed by atoms with Gasteiger partial charge in [-0.25, -0.2) is 4.98 Å². The van der Waals surface area contributed by atoms with Crippen molar-refractivity contribution in [2.24, 2.45) is 0 Å². The Labute approximate surface area is 165 Å². The molecule has 0 amide bonds. The average molecular weight is 425 g/mol. The van der Waals surface area contributed by atoms with Crippen LogP contribution < -0.4 is 4.74 Å². The van der Waals surface area contributed by atoms with E-state index >= 15 is 0 Å². The molecule has 2 aromatic heterocycles. The molecule has 7 heteroatoms. The maximum atomic E-state index is 5.84. The van der Waals surface area contributed by atoms with E-state index in [4.69, 9.17) is 9.15 Å². The summed E-state index contributed by atoms with van der Waals surface area (Å²) in [7, 11) is 1.64. The van der Waals surface area contributed by atoms with Gasteiger partial charge in [0.25, 0.3) is 0 Å². The van der Waals surface area contributed by atoms with Crippen molar-refractivity contribution in [3.63, 3.8) is 0 Å². The zero-order valence-corrected chi connectivity index (χ0v) is 16.5. The van der Waals surface area contributed by atoms with E-state index in [0.29, 0.717) is 24.0 Å². The van der Waals surface area contributed by atoms with Crippen LogP contribution in [0.25, 0.3) is 17.1 Å². The molecule has 0 aliphatic rings. The normalized spacial score (nSPS) is 10.9. The van der Waals surface area contributed by atoms with Gasteiger partial charge in [-0.1, -0.05) is 28.1 Å². The molecule has 4 aromatic rings. The molecular formula is C20H17BrN4O2. The van der Waals surface area contributed by atoms with E-state index in [2.05, 4.69) is 31.1 Å². The molecule has 0 fully saturated rings. The summed E-state index contributed by atoms with van der Waals surface area (Å²) in [5, 5.41) is 8.35. The van der Waals surface area contributed by atoms with Gasteiger partial charge in [-0.15, -0.1) is 10.2 Å². The Bertz CT molecular complexity index is 1070. The number of aryl methyl sites for hydroxylation is 1. The summed E-state index contributed by atoms with van der Waals surface area (Å²) in [4.78, 5) is 4.26. The lowest BCUT2D eigenvalue weighted by atomic mass is 10.1. The second-order valence-electron chi connectivity index (χ2n) is 6.11. The number of nitrogens with zero attached hydrogens (tertiary/aromatic N) is 4. The van der Waals surface area contributed by atoms with E-state index in [-0.39, 0.29) is 0 Å². The summed E-state index contributed by atoms with van der Waals surface area (Å²) < 4.78 is 14.3. The first-order chi connectivity index (χ1) is 13.1. The van der Waals surface area contributed by atoms with Crippen LogP contribution in [0.15, 0.2) is 63.9 Å². The van der Waals surface area contributed by atoms with Gasteiger partial charge in [0, 0.05) is 16.2 Å². The van der Waals surface area contributed by atoms with Crippen LogP contribution in [0.2, 0.25) is 0 Å². The van der Waals surface area contributed by atoms with Crippen molar-refractivity contribution in [1.82, 2.24) is 19.7 Å². The molecule has 0 saturated heterocycles. The first-order valence-electron chi connectivity index (χ1n) is 8.38. The van der Waals surface area contributed by atoms with Gasteiger partial charge in [0.05, 0.1) is 31.2 Å². The maximum Gasteiger partial charge on any atom is 0.247 e. The largest absolute Gasteiger partial charge is 0.495 e. The Morgan fingerprint density at radius 1 is 1.11 bits per heavy atom.